The Bertz CT molecular complexity index is 418. The SMILES string of the molecule is Cc1ccccc1[C@@H](C)NC(=O)OCC(F)(F)F. The molecule has 1 N–H and O–H groups in total. The second-order valence-electron chi connectivity index (χ2n) is 3.91. The first kappa shape index (κ1) is 14.3. The molecule has 3 nitrogen and oxygen atoms in total. The summed E-state index contributed by atoms with van der Waals surface area (Å²) in [6, 6.07) is 6.88. The fourth-order valence-electron chi connectivity index (χ4n) is 1.52. The highest BCUT2D eigenvalue weighted by atomic mass is 19.4. The quantitative estimate of drug-likeness (QED) is 0.906. The van der Waals surface area contributed by atoms with E-state index in [4.69, 9.17) is 0 Å². The summed E-state index contributed by atoms with van der Waals surface area (Å²) in [4.78, 5) is 11.2. The summed E-state index contributed by atoms with van der Waals surface area (Å²) in [5.41, 5.74) is 1.78. The highest BCUT2D eigenvalue weighted by Crippen LogP contribution is 2.18. The molecular formula is C12H14F3NO2. The number of alkyl carbamates (subject to hydrolysis) is 1. The first-order chi connectivity index (χ1) is 8.29. The van der Waals surface area contributed by atoms with Crippen molar-refractivity contribution in [2.45, 2.75) is 26.1 Å². The van der Waals surface area contributed by atoms with Crippen molar-refractivity contribution < 1.29 is 22.7 Å². The van der Waals surface area contributed by atoms with E-state index < -0.39 is 24.9 Å². The fraction of sp³-hybridized carbons (Fsp3) is 0.417. The molecule has 1 aromatic carbocycles. The van der Waals surface area contributed by atoms with Crippen molar-refractivity contribution in [1.29, 1.82) is 0 Å². The van der Waals surface area contributed by atoms with E-state index in [0.717, 1.165) is 11.1 Å². The van der Waals surface area contributed by atoms with Crippen LogP contribution in [0.4, 0.5) is 18.0 Å². The van der Waals surface area contributed by atoms with Crippen molar-refractivity contribution in [3.8, 4) is 0 Å². The monoisotopic (exact) mass is 261 g/mol. The molecule has 0 aliphatic carbocycles. The smallest absolute Gasteiger partial charge is 0.422 e. The van der Waals surface area contributed by atoms with Crippen LogP contribution in [0.15, 0.2) is 24.3 Å². The molecule has 18 heavy (non-hydrogen) atoms. The number of aryl methyl sites for hydroxylation is 1. The van der Waals surface area contributed by atoms with Crippen LogP contribution in [-0.4, -0.2) is 18.9 Å². The maximum absolute atomic E-state index is 11.8. The molecule has 1 atom stereocenters. The topological polar surface area (TPSA) is 38.3 Å². The highest BCUT2D eigenvalue weighted by molar-refractivity contribution is 5.68. The summed E-state index contributed by atoms with van der Waals surface area (Å²) in [6.07, 6.45) is -5.59. The van der Waals surface area contributed by atoms with Gasteiger partial charge in [-0.05, 0) is 25.0 Å². The van der Waals surface area contributed by atoms with E-state index in [2.05, 4.69) is 10.1 Å². The van der Waals surface area contributed by atoms with Crippen LogP contribution < -0.4 is 5.32 Å². The van der Waals surface area contributed by atoms with E-state index in [9.17, 15) is 18.0 Å². The normalized spacial score (nSPS) is 12.9. The van der Waals surface area contributed by atoms with E-state index in [1.165, 1.54) is 0 Å². The number of hydrogen-bond donors (Lipinski definition) is 1. The minimum atomic E-state index is -4.51. The van der Waals surface area contributed by atoms with Gasteiger partial charge in [-0.15, -0.1) is 0 Å². The average Bonchev–Trinajstić information content (AvgIpc) is 2.26. The highest BCUT2D eigenvalue weighted by Gasteiger charge is 2.29. The molecule has 0 unspecified atom stereocenters. The predicted octanol–water partition coefficient (Wildman–Crippen LogP) is 3.34. The molecular weight excluding hydrogens is 247 g/mol. The number of halogens is 3. The van der Waals surface area contributed by atoms with E-state index >= 15 is 0 Å². The lowest BCUT2D eigenvalue weighted by Crippen LogP contribution is -2.31. The third-order valence-corrected chi connectivity index (χ3v) is 2.36. The fourth-order valence-corrected chi connectivity index (χ4v) is 1.52. The molecule has 0 heterocycles. The minimum Gasteiger partial charge on any atom is -0.440 e. The van der Waals surface area contributed by atoms with E-state index in [1.54, 1.807) is 19.1 Å². The van der Waals surface area contributed by atoms with Crippen molar-refractivity contribution >= 4 is 6.09 Å². The van der Waals surface area contributed by atoms with Gasteiger partial charge in [0.2, 0.25) is 0 Å². The van der Waals surface area contributed by atoms with Crippen molar-refractivity contribution in [2.24, 2.45) is 0 Å². The lowest BCUT2D eigenvalue weighted by Gasteiger charge is -2.16. The molecule has 1 amide bonds. The molecule has 100 valence electrons. The molecule has 6 heteroatoms. The summed E-state index contributed by atoms with van der Waals surface area (Å²) in [5.74, 6) is 0. The number of benzene rings is 1. The van der Waals surface area contributed by atoms with Crippen LogP contribution in [0.25, 0.3) is 0 Å². The molecule has 1 rings (SSSR count). The minimum absolute atomic E-state index is 0.410. The van der Waals surface area contributed by atoms with Crippen LogP contribution in [-0.2, 0) is 4.74 Å². The number of nitrogens with one attached hydrogen (secondary N) is 1. The van der Waals surface area contributed by atoms with E-state index in [1.807, 2.05) is 19.1 Å². The van der Waals surface area contributed by atoms with Gasteiger partial charge < -0.3 is 10.1 Å². The Labute approximate surface area is 103 Å². The number of carbonyl (C=O) groups excluding carboxylic acids is 1. The average molecular weight is 261 g/mol. The van der Waals surface area contributed by atoms with Crippen LogP contribution in [0, 0.1) is 6.92 Å². The zero-order chi connectivity index (χ0) is 13.8. The molecule has 0 radical (unpaired) electrons. The van der Waals surface area contributed by atoms with Gasteiger partial charge in [0.25, 0.3) is 0 Å². The Morgan fingerprint density at radius 3 is 2.56 bits per heavy atom. The third-order valence-electron chi connectivity index (χ3n) is 2.36. The Kier molecular flexibility index (Phi) is 4.58. The maximum atomic E-state index is 11.8. The van der Waals surface area contributed by atoms with Gasteiger partial charge in [0.1, 0.15) is 0 Å². The van der Waals surface area contributed by atoms with Gasteiger partial charge in [-0.1, -0.05) is 24.3 Å². The summed E-state index contributed by atoms with van der Waals surface area (Å²) in [5, 5.41) is 2.35. The Morgan fingerprint density at radius 2 is 2.00 bits per heavy atom. The number of carbonyl (C=O) groups is 1. The first-order valence-electron chi connectivity index (χ1n) is 5.35. The molecule has 1 aromatic rings. The molecule has 0 bridgehead atoms. The van der Waals surface area contributed by atoms with Gasteiger partial charge in [-0.3, -0.25) is 0 Å². The summed E-state index contributed by atoms with van der Waals surface area (Å²) in [6.45, 7) is 1.95. The number of amides is 1. The van der Waals surface area contributed by atoms with Crippen molar-refractivity contribution in [1.82, 2.24) is 5.32 Å². The molecule has 0 aliphatic heterocycles. The Balaban J connectivity index is 2.53. The molecule has 0 aliphatic rings. The van der Waals surface area contributed by atoms with Gasteiger partial charge in [0.05, 0.1) is 6.04 Å². The van der Waals surface area contributed by atoms with Gasteiger partial charge >= 0.3 is 12.3 Å². The van der Waals surface area contributed by atoms with Crippen LogP contribution in [0.5, 0.6) is 0 Å². The molecule has 0 spiro atoms. The molecule has 0 aromatic heterocycles. The Hall–Kier alpha value is -1.72. The number of ether oxygens (including phenoxy) is 1. The van der Waals surface area contributed by atoms with Crippen LogP contribution in [0.3, 0.4) is 0 Å². The lowest BCUT2D eigenvalue weighted by molar-refractivity contribution is -0.160. The molecule has 0 saturated heterocycles. The van der Waals surface area contributed by atoms with Gasteiger partial charge in [-0.2, -0.15) is 13.2 Å². The standard InChI is InChI=1S/C12H14F3NO2/c1-8-5-3-4-6-10(8)9(2)16-11(17)18-7-12(13,14)15/h3-6,9H,7H2,1-2H3,(H,16,17)/t9-/m1/s1. The zero-order valence-electron chi connectivity index (χ0n) is 10.0. The second kappa shape index (κ2) is 5.75. The van der Waals surface area contributed by atoms with Gasteiger partial charge in [-0.25, -0.2) is 4.79 Å². The summed E-state index contributed by atoms with van der Waals surface area (Å²) in [7, 11) is 0. The van der Waals surface area contributed by atoms with Crippen molar-refractivity contribution in [3.05, 3.63) is 35.4 Å². The van der Waals surface area contributed by atoms with E-state index in [0.29, 0.717) is 0 Å². The largest absolute Gasteiger partial charge is 0.440 e. The van der Waals surface area contributed by atoms with Crippen LogP contribution in [0.1, 0.15) is 24.1 Å². The van der Waals surface area contributed by atoms with E-state index in [-0.39, 0.29) is 0 Å². The van der Waals surface area contributed by atoms with Gasteiger partial charge in [0.15, 0.2) is 6.61 Å². The molecule has 0 saturated carbocycles. The van der Waals surface area contributed by atoms with Crippen LogP contribution in [0.2, 0.25) is 0 Å². The predicted molar refractivity (Wildman–Crippen MR) is 60.1 cm³/mol. The summed E-state index contributed by atoms with van der Waals surface area (Å²) < 4.78 is 39.6. The Morgan fingerprint density at radius 1 is 1.39 bits per heavy atom. The zero-order valence-corrected chi connectivity index (χ0v) is 10.0. The number of hydrogen-bond acceptors (Lipinski definition) is 2. The van der Waals surface area contributed by atoms with Crippen molar-refractivity contribution in [3.63, 3.8) is 0 Å². The second-order valence-corrected chi connectivity index (χ2v) is 3.91. The van der Waals surface area contributed by atoms with Crippen molar-refractivity contribution in [2.75, 3.05) is 6.61 Å². The third kappa shape index (κ3) is 4.65. The molecule has 0 fully saturated rings. The van der Waals surface area contributed by atoms with Gasteiger partial charge in [0, 0.05) is 0 Å². The number of alkyl halides is 3. The number of rotatable bonds is 3. The van der Waals surface area contributed by atoms with Crippen LogP contribution >= 0.6 is 0 Å². The lowest BCUT2D eigenvalue weighted by atomic mass is 10.0. The first-order valence-corrected chi connectivity index (χ1v) is 5.35. The summed E-state index contributed by atoms with van der Waals surface area (Å²) >= 11 is 0. The maximum Gasteiger partial charge on any atom is 0.422 e.